The number of rotatable bonds is 1. The second-order valence-electron chi connectivity index (χ2n) is 1.46. The van der Waals surface area contributed by atoms with E-state index in [4.69, 9.17) is 0 Å². The molecule has 0 aliphatic heterocycles. The quantitative estimate of drug-likeness (QED) is 0.411. The van der Waals surface area contributed by atoms with Gasteiger partial charge < -0.3 is 0 Å². The highest BCUT2D eigenvalue weighted by molar-refractivity contribution is 7.84. The molecule has 2 heteroatoms. The summed E-state index contributed by atoms with van der Waals surface area (Å²) < 4.78 is 12.1. The van der Waals surface area contributed by atoms with Gasteiger partial charge in [-0.3, -0.25) is 0 Å². The summed E-state index contributed by atoms with van der Waals surface area (Å²) in [6.07, 6.45) is 2.75. The lowest BCUT2D eigenvalue weighted by Gasteiger charge is -1.83. The van der Waals surface area contributed by atoms with E-state index in [2.05, 4.69) is 12.6 Å². The fraction of sp³-hybridized carbons (Fsp3) is 0.333. The van der Waals surface area contributed by atoms with Gasteiger partial charge in [0.25, 0.3) is 0 Å². The summed E-state index contributed by atoms with van der Waals surface area (Å²) >= 11 is 3.87. The summed E-state index contributed by atoms with van der Waals surface area (Å²) in [4.78, 5) is 0.681. The topological polar surface area (TPSA) is 0 Å². The molecule has 0 heterocycles. The van der Waals surface area contributed by atoms with Crippen LogP contribution in [0.15, 0.2) is 22.9 Å². The molecule has 0 unspecified atom stereocenters. The van der Waals surface area contributed by atoms with Crippen LogP contribution in [0.25, 0.3) is 0 Å². The van der Waals surface area contributed by atoms with Crippen molar-refractivity contribution < 1.29 is 4.39 Å². The van der Waals surface area contributed by atoms with Gasteiger partial charge in [0.2, 0.25) is 0 Å². The maximum absolute atomic E-state index is 12.1. The molecule has 0 aromatic rings. The summed E-state index contributed by atoms with van der Waals surface area (Å²) in [5.74, 6) is -0.238. The maximum Gasteiger partial charge on any atom is 0.119 e. The largest absolute Gasteiger partial charge is 0.207 e. The van der Waals surface area contributed by atoms with Crippen LogP contribution in [-0.4, -0.2) is 0 Å². The van der Waals surface area contributed by atoms with Gasteiger partial charge in [-0.25, -0.2) is 4.39 Å². The molecular formula is C6H9FS. The average molecular weight is 132 g/mol. The van der Waals surface area contributed by atoms with Crippen molar-refractivity contribution in [1.82, 2.24) is 0 Å². The lowest BCUT2D eigenvalue weighted by atomic mass is 10.4. The molecular weight excluding hydrogens is 123 g/mol. The lowest BCUT2D eigenvalue weighted by Crippen LogP contribution is -1.62. The minimum atomic E-state index is -0.238. The molecule has 0 radical (unpaired) electrons. The minimum absolute atomic E-state index is 0.238. The normalized spacial score (nSPS) is 14.5. The van der Waals surface area contributed by atoms with Crippen molar-refractivity contribution in [1.29, 1.82) is 0 Å². The van der Waals surface area contributed by atoms with Gasteiger partial charge in [0.1, 0.15) is 5.83 Å². The molecule has 0 aliphatic carbocycles. The smallest absolute Gasteiger partial charge is 0.119 e. The van der Waals surface area contributed by atoms with Crippen molar-refractivity contribution in [2.24, 2.45) is 0 Å². The SMILES string of the molecule is C/C=C(F)\C=C(\C)S. The monoisotopic (exact) mass is 132 g/mol. The molecule has 0 saturated carbocycles. The van der Waals surface area contributed by atoms with E-state index in [1.54, 1.807) is 13.8 Å². The molecule has 46 valence electrons. The second-order valence-corrected chi connectivity index (χ2v) is 2.16. The average Bonchev–Trinajstić information content (AvgIpc) is 1.65. The Morgan fingerprint density at radius 2 is 2.12 bits per heavy atom. The highest BCUT2D eigenvalue weighted by Crippen LogP contribution is 2.05. The van der Waals surface area contributed by atoms with Crippen molar-refractivity contribution >= 4 is 12.6 Å². The maximum atomic E-state index is 12.1. The number of hydrogen-bond acceptors (Lipinski definition) is 1. The van der Waals surface area contributed by atoms with E-state index in [1.807, 2.05) is 0 Å². The summed E-state index contributed by atoms with van der Waals surface area (Å²) in [7, 11) is 0. The molecule has 0 N–H and O–H groups in total. The highest BCUT2D eigenvalue weighted by atomic mass is 32.1. The lowest BCUT2D eigenvalue weighted by molar-refractivity contribution is 0.664. The van der Waals surface area contributed by atoms with Crippen molar-refractivity contribution in [3.8, 4) is 0 Å². The van der Waals surface area contributed by atoms with Crippen molar-refractivity contribution in [3.05, 3.63) is 22.9 Å². The zero-order chi connectivity index (χ0) is 6.57. The highest BCUT2D eigenvalue weighted by Gasteiger charge is 1.82. The summed E-state index contributed by atoms with van der Waals surface area (Å²) in [5.41, 5.74) is 0. The Morgan fingerprint density at radius 3 is 2.25 bits per heavy atom. The van der Waals surface area contributed by atoms with E-state index in [0.717, 1.165) is 0 Å². The van der Waals surface area contributed by atoms with Gasteiger partial charge in [0.05, 0.1) is 0 Å². The van der Waals surface area contributed by atoms with E-state index in [0.29, 0.717) is 4.91 Å². The van der Waals surface area contributed by atoms with Gasteiger partial charge in [0.15, 0.2) is 0 Å². The molecule has 0 aliphatic rings. The van der Waals surface area contributed by atoms with Crippen LogP contribution in [0, 0.1) is 0 Å². The van der Waals surface area contributed by atoms with Crippen LogP contribution in [-0.2, 0) is 0 Å². The van der Waals surface area contributed by atoms with Gasteiger partial charge in [-0.15, -0.1) is 12.6 Å². The van der Waals surface area contributed by atoms with E-state index < -0.39 is 0 Å². The van der Waals surface area contributed by atoms with Crippen LogP contribution < -0.4 is 0 Å². The standard InChI is InChI=1S/C6H9FS/c1-3-6(7)4-5(2)8/h3-4,8H,1-2H3/b5-4-,6-3+. The zero-order valence-corrected chi connectivity index (χ0v) is 5.87. The number of thiol groups is 1. The van der Waals surface area contributed by atoms with Gasteiger partial charge in [-0.05, 0) is 24.8 Å². The van der Waals surface area contributed by atoms with E-state index in [9.17, 15) is 4.39 Å². The Balaban J connectivity index is 3.89. The Hall–Kier alpha value is -0.240. The Labute approximate surface area is 54.5 Å². The number of hydrogen-bond donors (Lipinski definition) is 1. The first-order chi connectivity index (χ1) is 3.66. The zero-order valence-electron chi connectivity index (χ0n) is 4.98. The molecule has 0 atom stereocenters. The molecule has 0 saturated heterocycles. The van der Waals surface area contributed by atoms with Gasteiger partial charge in [-0.1, -0.05) is 6.08 Å². The van der Waals surface area contributed by atoms with Crippen molar-refractivity contribution in [2.45, 2.75) is 13.8 Å². The third-order valence-corrected chi connectivity index (χ3v) is 0.752. The number of halogens is 1. The first-order valence-electron chi connectivity index (χ1n) is 2.36. The number of allylic oxidation sites excluding steroid dienone is 4. The molecule has 0 aromatic heterocycles. The minimum Gasteiger partial charge on any atom is -0.207 e. The van der Waals surface area contributed by atoms with Crippen LogP contribution in [0.4, 0.5) is 4.39 Å². The van der Waals surface area contributed by atoms with Gasteiger partial charge in [0, 0.05) is 0 Å². The van der Waals surface area contributed by atoms with Crippen LogP contribution in [0.3, 0.4) is 0 Å². The van der Waals surface area contributed by atoms with E-state index in [1.165, 1.54) is 12.2 Å². The van der Waals surface area contributed by atoms with Gasteiger partial charge >= 0.3 is 0 Å². The molecule has 0 bridgehead atoms. The van der Waals surface area contributed by atoms with Crippen molar-refractivity contribution in [2.75, 3.05) is 0 Å². The first-order valence-corrected chi connectivity index (χ1v) is 2.80. The molecule has 0 amide bonds. The summed E-state index contributed by atoms with van der Waals surface area (Å²) in [5, 5.41) is 0. The predicted molar refractivity (Wildman–Crippen MR) is 37.6 cm³/mol. The third-order valence-electron chi connectivity index (χ3n) is 0.623. The van der Waals surface area contributed by atoms with Crippen LogP contribution in [0.2, 0.25) is 0 Å². The van der Waals surface area contributed by atoms with Crippen molar-refractivity contribution in [3.63, 3.8) is 0 Å². The summed E-state index contributed by atoms with van der Waals surface area (Å²) in [6, 6.07) is 0. The Bertz CT molecular complexity index is 120. The van der Waals surface area contributed by atoms with E-state index in [-0.39, 0.29) is 5.83 Å². The molecule has 0 aromatic carbocycles. The Kier molecular flexibility index (Phi) is 3.61. The molecule has 8 heavy (non-hydrogen) atoms. The fourth-order valence-corrected chi connectivity index (χ4v) is 0.406. The van der Waals surface area contributed by atoms with Crippen LogP contribution >= 0.6 is 12.6 Å². The summed E-state index contributed by atoms with van der Waals surface area (Å²) in [6.45, 7) is 3.37. The first kappa shape index (κ1) is 7.76. The fourth-order valence-electron chi connectivity index (χ4n) is 0.283. The van der Waals surface area contributed by atoms with Crippen LogP contribution in [0.5, 0.6) is 0 Å². The molecule has 0 rings (SSSR count). The van der Waals surface area contributed by atoms with E-state index >= 15 is 0 Å². The Morgan fingerprint density at radius 1 is 1.62 bits per heavy atom. The second kappa shape index (κ2) is 3.72. The predicted octanol–water partition coefficient (Wildman–Crippen LogP) is 2.69. The molecule has 0 nitrogen and oxygen atoms in total. The molecule has 0 fully saturated rings. The molecule has 0 spiro atoms. The van der Waals surface area contributed by atoms with Gasteiger partial charge in [-0.2, -0.15) is 0 Å². The van der Waals surface area contributed by atoms with Crippen LogP contribution in [0.1, 0.15) is 13.8 Å². The third kappa shape index (κ3) is 3.93.